The van der Waals surface area contributed by atoms with E-state index in [1.807, 2.05) is 109 Å². The number of halogens is 1. The molecule has 0 fully saturated rings. The zero-order valence-corrected chi connectivity index (χ0v) is 34.6. The summed E-state index contributed by atoms with van der Waals surface area (Å²) in [6.07, 6.45) is 0.594. The summed E-state index contributed by atoms with van der Waals surface area (Å²) in [5.74, 6) is 0.369. The van der Waals surface area contributed by atoms with Crippen molar-refractivity contribution in [1.82, 2.24) is 29.8 Å². The van der Waals surface area contributed by atoms with Crippen LogP contribution in [0.1, 0.15) is 65.0 Å². The number of fused-ring (bicyclic) bond motifs is 1. The molecule has 296 valence electrons. The highest BCUT2D eigenvalue weighted by atomic mass is 79.9. The lowest BCUT2D eigenvalue weighted by atomic mass is 9.77. The second-order valence-corrected chi connectivity index (χ2v) is 15.2. The minimum atomic E-state index is -0.928. The summed E-state index contributed by atoms with van der Waals surface area (Å²) in [6.45, 7) is 7.05. The predicted molar refractivity (Wildman–Crippen MR) is 227 cm³/mol. The average molecular weight is 850 g/mol. The lowest BCUT2D eigenvalue weighted by molar-refractivity contribution is -0.155. The second-order valence-electron chi connectivity index (χ2n) is 14.4. The first kappa shape index (κ1) is 39.2. The Morgan fingerprint density at radius 3 is 1.98 bits per heavy atom. The molecule has 0 saturated heterocycles. The molecule has 5 aromatic carbocycles. The van der Waals surface area contributed by atoms with Crippen molar-refractivity contribution in [3.63, 3.8) is 0 Å². The smallest absolute Gasteiger partial charge is 0.359 e. The van der Waals surface area contributed by atoms with Crippen LogP contribution in [0.25, 0.3) is 33.7 Å². The first-order chi connectivity index (χ1) is 28.7. The Morgan fingerprint density at radius 1 is 0.797 bits per heavy atom. The van der Waals surface area contributed by atoms with Crippen molar-refractivity contribution in [2.75, 3.05) is 6.79 Å². The van der Waals surface area contributed by atoms with Gasteiger partial charge in [-0.1, -0.05) is 142 Å². The van der Waals surface area contributed by atoms with Crippen molar-refractivity contribution in [1.29, 1.82) is 0 Å². The summed E-state index contributed by atoms with van der Waals surface area (Å²) in [5, 5.41) is 15.5. The molecule has 11 nitrogen and oxygen atoms in total. The fourth-order valence-electron chi connectivity index (χ4n) is 7.50. The van der Waals surface area contributed by atoms with Crippen LogP contribution in [0.4, 0.5) is 0 Å². The van der Waals surface area contributed by atoms with Gasteiger partial charge in [-0.05, 0) is 62.5 Å². The molecular formula is C47H41BrN6O5. The monoisotopic (exact) mass is 848 g/mol. The molecule has 0 amide bonds. The normalized spacial score (nSPS) is 11.6. The number of rotatable bonds is 13. The minimum absolute atomic E-state index is 0.305. The van der Waals surface area contributed by atoms with Crippen LogP contribution < -0.4 is 0 Å². The van der Waals surface area contributed by atoms with Crippen molar-refractivity contribution in [3.05, 3.63) is 177 Å². The van der Waals surface area contributed by atoms with E-state index in [2.05, 4.69) is 57.3 Å². The van der Waals surface area contributed by atoms with E-state index in [1.54, 1.807) is 25.6 Å². The molecule has 3 heterocycles. The molecule has 3 aromatic heterocycles. The van der Waals surface area contributed by atoms with Gasteiger partial charge in [-0.15, -0.1) is 15.0 Å². The number of furan rings is 1. The molecule has 8 aromatic rings. The Kier molecular flexibility index (Phi) is 11.1. The van der Waals surface area contributed by atoms with Crippen LogP contribution in [0.15, 0.2) is 142 Å². The molecule has 0 aliphatic carbocycles. The van der Waals surface area contributed by atoms with E-state index in [0.29, 0.717) is 41.5 Å². The van der Waals surface area contributed by atoms with E-state index in [4.69, 9.17) is 29.3 Å². The van der Waals surface area contributed by atoms with Crippen molar-refractivity contribution in [2.24, 2.45) is 5.92 Å². The van der Waals surface area contributed by atoms with Gasteiger partial charge in [-0.3, -0.25) is 4.79 Å². The van der Waals surface area contributed by atoms with Gasteiger partial charge in [0.05, 0.1) is 16.1 Å². The summed E-state index contributed by atoms with van der Waals surface area (Å²) in [4.78, 5) is 31.6. The Labute approximate surface area is 349 Å². The van der Waals surface area contributed by atoms with Crippen LogP contribution in [0, 0.1) is 12.8 Å². The fraction of sp³-hybridized carbons (Fsp3) is 0.191. The number of benzene rings is 5. The van der Waals surface area contributed by atoms with Gasteiger partial charge < -0.3 is 18.5 Å². The number of tetrazole rings is 1. The van der Waals surface area contributed by atoms with Crippen LogP contribution in [0.5, 0.6) is 0 Å². The Bertz CT molecular complexity index is 2660. The highest BCUT2D eigenvalue weighted by Gasteiger charge is 2.41. The number of aromatic nitrogens is 6. The Balaban J connectivity index is 1.16. The van der Waals surface area contributed by atoms with Gasteiger partial charge in [0.25, 0.3) is 0 Å². The third kappa shape index (κ3) is 7.36. The summed E-state index contributed by atoms with van der Waals surface area (Å²) >= 11 is 3.87. The maximum Gasteiger partial charge on any atom is 0.359 e. The summed E-state index contributed by atoms with van der Waals surface area (Å²) in [5.41, 5.74) is 5.97. The van der Waals surface area contributed by atoms with Crippen molar-refractivity contribution >= 4 is 38.8 Å². The van der Waals surface area contributed by atoms with Gasteiger partial charge in [-0.25, -0.2) is 9.78 Å². The minimum Gasteiger partial charge on any atom is -0.455 e. The first-order valence-electron chi connectivity index (χ1n) is 19.4. The average Bonchev–Trinajstić information content (AvgIpc) is 3.97. The molecule has 0 aliphatic heterocycles. The number of carbonyl (C=O) groups excluding carboxylic acids is 2. The van der Waals surface area contributed by atoms with Gasteiger partial charge >= 0.3 is 11.9 Å². The van der Waals surface area contributed by atoms with Gasteiger partial charge in [0.1, 0.15) is 17.2 Å². The molecule has 0 spiro atoms. The molecule has 12 heteroatoms. The maximum absolute atomic E-state index is 13.3. The molecule has 0 saturated carbocycles. The number of imidazole rings is 1. The molecule has 0 atom stereocenters. The van der Waals surface area contributed by atoms with E-state index in [1.165, 1.54) is 0 Å². The molecule has 0 N–H and O–H groups in total. The molecule has 0 radical (unpaired) electrons. The number of hydrogen-bond acceptors (Lipinski definition) is 9. The standard InChI is InChI=1S/C47H41BrN6O5/c1-5-40-49-31(4)42(46(56)58-29-57-45(55)30(2)3)53(40)28-32-25-26-39-38(27-32)41(48)43(59-39)36-23-15-16-24-37(36)44-50-52-54(51-44)47(33-17-9-6-10-18-33,34-19-11-7-12-20-34)35-21-13-8-14-22-35/h6-27,30H,5,28-29H2,1-4H3. The van der Waals surface area contributed by atoms with E-state index in [9.17, 15) is 9.59 Å². The summed E-state index contributed by atoms with van der Waals surface area (Å²) < 4.78 is 19.6. The van der Waals surface area contributed by atoms with Crippen molar-refractivity contribution < 1.29 is 23.5 Å². The first-order valence-corrected chi connectivity index (χ1v) is 20.2. The molecule has 8 rings (SSSR count). The number of esters is 2. The SMILES string of the molecule is CCc1nc(C)c(C(=O)OCOC(=O)C(C)C)n1Cc1ccc2oc(-c3ccccc3-c3nnn(C(c4ccccc4)(c4ccccc4)c4ccccc4)n3)c(Br)c2c1. The second kappa shape index (κ2) is 16.7. The van der Waals surface area contributed by atoms with E-state index < -0.39 is 24.3 Å². The molecule has 0 unspecified atom stereocenters. The van der Waals surface area contributed by atoms with E-state index >= 15 is 0 Å². The lowest BCUT2D eigenvalue weighted by Crippen LogP contribution is -2.39. The maximum atomic E-state index is 13.3. The van der Waals surface area contributed by atoms with E-state index in [-0.39, 0.29) is 5.92 Å². The number of aryl methyl sites for hydroxylation is 2. The predicted octanol–water partition coefficient (Wildman–Crippen LogP) is 9.79. The fourth-order valence-corrected chi connectivity index (χ4v) is 8.10. The highest BCUT2D eigenvalue weighted by molar-refractivity contribution is 9.10. The van der Waals surface area contributed by atoms with Crippen molar-refractivity contribution in [2.45, 2.75) is 46.2 Å². The summed E-state index contributed by atoms with van der Waals surface area (Å²) in [7, 11) is 0. The third-order valence-electron chi connectivity index (χ3n) is 10.3. The topological polar surface area (TPSA) is 127 Å². The molecule has 59 heavy (non-hydrogen) atoms. The van der Waals surface area contributed by atoms with Crippen molar-refractivity contribution in [3.8, 4) is 22.7 Å². The van der Waals surface area contributed by atoms with Crippen LogP contribution in [-0.2, 0) is 32.8 Å². The molecule has 0 bridgehead atoms. The van der Waals surface area contributed by atoms with E-state index in [0.717, 1.165) is 49.1 Å². The zero-order chi connectivity index (χ0) is 41.1. The molecule has 0 aliphatic rings. The van der Waals surface area contributed by atoms with Crippen LogP contribution in [0.3, 0.4) is 0 Å². The third-order valence-corrected chi connectivity index (χ3v) is 11.1. The van der Waals surface area contributed by atoms with Crippen LogP contribution in [0.2, 0.25) is 0 Å². The zero-order valence-electron chi connectivity index (χ0n) is 33.0. The Morgan fingerprint density at radius 2 is 1.39 bits per heavy atom. The quantitative estimate of drug-likeness (QED) is 0.0633. The molecular weight excluding hydrogens is 808 g/mol. The van der Waals surface area contributed by atoms with Gasteiger partial charge in [0, 0.05) is 29.5 Å². The number of nitrogens with zero attached hydrogens (tertiary/aromatic N) is 6. The van der Waals surface area contributed by atoms with Crippen LogP contribution >= 0.6 is 15.9 Å². The van der Waals surface area contributed by atoms with Gasteiger partial charge in [-0.2, -0.15) is 0 Å². The summed E-state index contributed by atoms with van der Waals surface area (Å²) in [6, 6.07) is 44.4. The number of hydrogen-bond donors (Lipinski definition) is 0. The largest absolute Gasteiger partial charge is 0.455 e. The van der Waals surface area contributed by atoms with Gasteiger partial charge in [0.2, 0.25) is 12.6 Å². The van der Waals surface area contributed by atoms with Crippen LogP contribution in [-0.4, -0.2) is 48.5 Å². The van der Waals surface area contributed by atoms with Gasteiger partial charge in [0.15, 0.2) is 11.2 Å². The number of carbonyl (C=O) groups is 2. The Hall–Kier alpha value is -6.66. The number of ether oxygens (including phenoxy) is 2. The lowest BCUT2D eigenvalue weighted by Gasteiger charge is -2.34. The highest BCUT2D eigenvalue weighted by Crippen LogP contribution is 2.43.